The molecule has 1 aromatic carbocycles. The lowest BCUT2D eigenvalue weighted by atomic mass is 9.98. The molecule has 5 nitrogen and oxygen atoms in total. The van der Waals surface area contributed by atoms with Gasteiger partial charge in [0.2, 0.25) is 11.8 Å². The molecule has 0 aliphatic carbocycles. The zero-order chi connectivity index (χ0) is 14.7. The normalized spacial score (nSPS) is 17.3. The van der Waals surface area contributed by atoms with E-state index in [1.54, 1.807) is 7.05 Å². The summed E-state index contributed by atoms with van der Waals surface area (Å²) in [7, 11) is 1.63. The first-order valence-corrected chi connectivity index (χ1v) is 6.61. The van der Waals surface area contributed by atoms with Gasteiger partial charge in [-0.2, -0.15) is 0 Å². The first-order chi connectivity index (χ1) is 9.52. The summed E-state index contributed by atoms with van der Waals surface area (Å²) in [4.78, 5) is 37.1. The van der Waals surface area contributed by atoms with Gasteiger partial charge < -0.3 is 14.6 Å². The summed E-state index contributed by atoms with van der Waals surface area (Å²) >= 11 is 0. The van der Waals surface area contributed by atoms with Crippen LogP contribution in [0.5, 0.6) is 0 Å². The highest BCUT2D eigenvalue weighted by atomic mass is 16.2. The number of benzene rings is 1. The molecule has 0 bridgehead atoms. The molecule has 0 N–H and O–H groups in total. The lowest BCUT2D eigenvalue weighted by Crippen LogP contribution is -2.52. The zero-order valence-corrected chi connectivity index (χ0v) is 11.7. The first-order valence-electron chi connectivity index (χ1n) is 6.61. The molecule has 5 heteroatoms. The molecule has 0 spiro atoms. The molecule has 106 valence electrons. The maximum Gasteiger partial charge on any atom is 0.247 e. The van der Waals surface area contributed by atoms with Gasteiger partial charge in [-0.1, -0.05) is 19.1 Å². The molecule has 2 rings (SSSR count). The van der Waals surface area contributed by atoms with E-state index in [9.17, 15) is 14.4 Å². The number of hydrogen-bond donors (Lipinski definition) is 0. The number of nitrogens with zero attached hydrogens (tertiary/aromatic N) is 2. The highest BCUT2D eigenvalue weighted by molar-refractivity contribution is 6.04. The molecule has 1 aromatic rings. The van der Waals surface area contributed by atoms with Gasteiger partial charge in [0, 0.05) is 19.2 Å². The second-order valence-electron chi connectivity index (χ2n) is 5.12. The number of carbonyl (C=O) groups is 3. The van der Waals surface area contributed by atoms with Crippen LogP contribution in [0.3, 0.4) is 0 Å². The molecule has 1 aliphatic rings. The van der Waals surface area contributed by atoms with E-state index in [2.05, 4.69) is 0 Å². The Labute approximate surface area is 118 Å². The monoisotopic (exact) mass is 274 g/mol. The summed E-state index contributed by atoms with van der Waals surface area (Å²) < 4.78 is 0. The van der Waals surface area contributed by atoms with E-state index in [1.807, 2.05) is 31.2 Å². The molecule has 1 fully saturated rings. The zero-order valence-electron chi connectivity index (χ0n) is 11.7. The summed E-state index contributed by atoms with van der Waals surface area (Å²) in [5, 5.41) is 0. The Balaban J connectivity index is 2.15. The van der Waals surface area contributed by atoms with Gasteiger partial charge in [-0.05, 0) is 23.6 Å². The molecular weight excluding hydrogens is 256 g/mol. The van der Waals surface area contributed by atoms with Gasteiger partial charge >= 0.3 is 0 Å². The topological polar surface area (TPSA) is 57.7 Å². The van der Waals surface area contributed by atoms with Crippen LogP contribution in [0, 0.1) is 0 Å². The van der Waals surface area contributed by atoms with Gasteiger partial charge in [-0.15, -0.1) is 0 Å². The van der Waals surface area contributed by atoms with Crippen LogP contribution < -0.4 is 4.90 Å². The second-order valence-corrected chi connectivity index (χ2v) is 5.12. The van der Waals surface area contributed by atoms with Crippen molar-refractivity contribution in [2.45, 2.75) is 19.3 Å². The molecule has 1 unspecified atom stereocenters. The smallest absolute Gasteiger partial charge is 0.247 e. The molecule has 2 amide bonds. The third-order valence-corrected chi connectivity index (χ3v) is 3.62. The Hall–Kier alpha value is -2.17. The first kappa shape index (κ1) is 14.2. The quantitative estimate of drug-likeness (QED) is 0.775. The van der Waals surface area contributed by atoms with E-state index in [0.717, 1.165) is 17.5 Å². The van der Waals surface area contributed by atoms with Gasteiger partial charge in [0.1, 0.15) is 12.8 Å². The molecule has 1 heterocycles. The molecule has 1 aliphatic heterocycles. The standard InChI is InChI=1S/C15H18N2O3/c1-11(7-8-18)12-3-5-13(6-4-12)17-10-14(19)16(2)9-15(17)20/h3-6,8,11H,7,9-10H2,1-2H3. The molecule has 0 radical (unpaired) electrons. The van der Waals surface area contributed by atoms with E-state index in [-0.39, 0.29) is 30.8 Å². The maximum atomic E-state index is 12.0. The Morgan fingerprint density at radius 1 is 1.15 bits per heavy atom. The minimum absolute atomic E-state index is 0.0667. The van der Waals surface area contributed by atoms with Crippen molar-refractivity contribution in [1.29, 1.82) is 0 Å². The molecule has 1 saturated heterocycles. The van der Waals surface area contributed by atoms with E-state index < -0.39 is 0 Å². The molecule has 0 aromatic heterocycles. The summed E-state index contributed by atoms with van der Waals surface area (Å²) in [6, 6.07) is 7.46. The Morgan fingerprint density at radius 2 is 1.80 bits per heavy atom. The number of anilines is 1. The highest BCUT2D eigenvalue weighted by Gasteiger charge is 2.28. The average Bonchev–Trinajstić information content (AvgIpc) is 2.43. The largest absolute Gasteiger partial charge is 0.335 e. The van der Waals surface area contributed by atoms with Crippen LogP contribution in [0.25, 0.3) is 0 Å². The van der Waals surface area contributed by atoms with Gasteiger partial charge in [0.05, 0.1) is 6.54 Å². The fourth-order valence-corrected chi connectivity index (χ4v) is 2.22. The third-order valence-electron chi connectivity index (χ3n) is 3.62. The fraction of sp³-hybridized carbons (Fsp3) is 0.400. The second kappa shape index (κ2) is 5.86. The van der Waals surface area contributed by atoms with Crippen molar-refractivity contribution in [3.63, 3.8) is 0 Å². The van der Waals surface area contributed by atoms with Crippen molar-refractivity contribution >= 4 is 23.8 Å². The van der Waals surface area contributed by atoms with Crippen LogP contribution in [-0.4, -0.2) is 43.1 Å². The minimum atomic E-state index is -0.0826. The van der Waals surface area contributed by atoms with Gasteiger partial charge in [0.25, 0.3) is 0 Å². The molecular formula is C15H18N2O3. The van der Waals surface area contributed by atoms with E-state index >= 15 is 0 Å². The predicted molar refractivity (Wildman–Crippen MR) is 75.5 cm³/mol. The molecule has 20 heavy (non-hydrogen) atoms. The van der Waals surface area contributed by atoms with E-state index in [0.29, 0.717) is 6.42 Å². The van der Waals surface area contributed by atoms with Crippen molar-refractivity contribution in [2.75, 3.05) is 25.0 Å². The molecule has 1 atom stereocenters. The van der Waals surface area contributed by atoms with Crippen molar-refractivity contribution < 1.29 is 14.4 Å². The number of rotatable bonds is 4. The summed E-state index contributed by atoms with van der Waals surface area (Å²) in [6.45, 7) is 2.18. The Kier molecular flexibility index (Phi) is 4.17. The number of amides is 2. The Morgan fingerprint density at radius 3 is 2.40 bits per heavy atom. The SMILES string of the molecule is CC(CC=O)c1ccc(N2CC(=O)N(C)CC2=O)cc1. The van der Waals surface area contributed by atoms with Crippen LogP contribution in [0.1, 0.15) is 24.8 Å². The number of likely N-dealkylation sites (N-methyl/N-ethyl adjacent to an activating group) is 1. The fourth-order valence-electron chi connectivity index (χ4n) is 2.22. The number of piperazine rings is 1. The predicted octanol–water partition coefficient (Wildman–Crippen LogP) is 1.18. The highest BCUT2D eigenvalue weighted by Crippen LogP contribution is 2.23. The summed E-state index contributed by atoms with van der Waals surface area (Å²) in [5.74, 6) is 0.00941. The summed E-state index contributed by atoms with van der Waals surface area (Å²) in [6.07, 6.45) is 1.38. The van der Waals surface area contributed by atoms with Gasteiger partial charge in [-0.25, -0.2) is 0 Å². The van der Waals surface area contributed by atoms with Crippen LogP contribution in [0.4, 0.5) is 5.69 Å². The van der Waals surface area contributed by atoms with E-state index in [1.165, 1.54) is 9.80 Å². The van der Waals surface area contributed by atoms with Gasteiger partial charge in [0.15, 0.2) is 0 Å². The lowest BCUT2D eigenvalue weighted by Gasteiger charge is -2.31. The van der Waals surface area contributed by atoms with Crippen molar-refractivity contribution in [2.24, 2.45) is 0 Å². The maximum absolute atomic E-state index is 12.0. The van der Waals surface area contributed by atoms with Crippen LogP contribution in [0.2, 0.25) is 0 Å². The molecule has 0 saturated carbocycles. The number of aldehydes is 1. The number of hydrogen-bond acceptors (Lipinski definition) is 3. The third kappa shape index (κ3) is 2.87. The van der Waals surface area contributed by atoms with Crippen molar-refractivity contribution in [1.82, 2.24) is 4.90 Å². The van der Waals surface area contributed by atoms with Gasteiger partial charge in [-0.3, -0.25) is 9.59 Å². The Bertz CT molecular complexity index is 524. The van der Waals surface area contributed by atoms with Crippen LogP contribution >= 0.6 is 0 Å². The lowest BCUT2D eigenvalue weighted by molar-refractivity contribution is -0.136. The number of carbonyl (C=O) groups excluding carboxylic acids is 3. The van der Waals surface area contributed by atoms with Crippen LogP contribution in [-0.2, 0) is 14.4 Å². The van der Waals surface area contributed by atoms with Crippen molar-refractivity contribution in [3.05, 3.63) is 29.8 Å². The average molecular weight is 274 g/mol. The van der Waals surface area contributed by atoms with Crippen molar-refractivity contribution in [3.8, 4) is 0 Å². The van der Waals surface area contributed by atoms with E-state index in [4.69, 9.17) is 0 Å². The van der Waals surface area contributed by atoms with Crippen LogP contribution in [0.15, 0.2) is 24.3 Å². The minimum Gasteiger partial charge on any atom is -0.335 e. The summed E-state index contributed by atoms with van der Waals surface area (Å²) in [5.41, 5.74) is 1.77.